The Bertz CT molecular complexity index is 560. The number of nitrogens with zero attached hydrogens (tertiary/aromatic N) is 2. The van der Waals surface area contributed by atoms with E-state index in [1.54, 1.807) is 19.0 Å². The number of likely N-dealkylation sites (N-methyl/N-ethyl adjacent to an activating group) is 1. The van der Waals surface area contributed by atoms with Crippen molar-refractivity contribution in [1.29, 1.82) is 0 Å². The van der Waals surface area contributed by atoms with Gasteiger partial charge in [-0.25, -0.2) is 0 Å². The van der Waals surface area contributed by atoms with Crippen molar-refractivity contribution in [1.82, 2.24) is 9.80 Å². The van der Waals surface area contributed by atoms with Gasteiger partial charge in [-0.2, -0.15) is 0 Å². The van der Waals surface area contributed by atoms with Gasteiger partial charge < -0.3 is 20.0 Å². The van der Waals surface area contributed by atoms with Crippen LogP contribution in [0, 0.1) is 13.8 Å². The number of hydrogen-bond donors (Lipinski definition) is 2. The Morgan fingerprint density at radius 3 is 2.30 bits per heavy atom. The standard InChI is InChI=1S/C17H26N4OS/c1-13-9-14(2)11-15(10-13)18-17(23)21-7-5-20(6-8-21)12-16(22)19(3)4/h9-11H,5-8,12H2,1-4H3,(H,18,23)/p+1. The van der Waals surface area contributed by atoms with Crippen LogP contribution in [0.2, 0.25) is 0 Å². The lowest BCUT2D eigenvalue weighted by Gasteiger charge is -2.34. The number of piperazine rings is 1. The quantitative estimate of drug-likeness (QED) is 0.779. The van der Waals surface area contributed by atoms with Gasteiger partial charge in [0, 0.05) is 19.8 Å². The molecule has 0 radical (unpaired) electrons. The van der Waals surface area contributed by atoms with Crippen LogP contribution in [-0.4, -0.2) is 67.6 Å². The Morgan fingerprint density at radius 1 is 1.22 bits per heavy atom. The molecule has 2 N–H and O–H groups in total. The van der Waals surface area contributed by atoms with E-state index in [2.05, 4.69) is 42.3 Å². The number of amides is 1. The number of rotatable bonds is 3. The molecule has 1 amide bonds. The van der Waals surface area contributed by atoms with Crippen LogP contribution >= 0.6 is 12.2 Å². The van der Waals surface area contributed by atoms with Crippen molar-refractivity contribution in [3.8, 4) is 0 Å². The van der Waals surface area contributed by atoms with E-state index in [9.17, 15) is 4.79 Å². The van der Waals surface area contributed by atoms with Crippen molar-refractivity contribution >= 4 is 28.9 Å². The van der Waals surface area contributed by atoms with Gasteiger partial charge in [-0.1, -0.05) is 6.07 Å². The number of anilines is 1. The molecule has 23 heavy (non-hydrogen) atoms. The average Bonchev–Trinajstić information content (AvgIpc) is 2.46. The molecule has 2 rings (SSSR count). The van der Waals surface area contributed by atoms with Crippen molar-refractivity contribution in [3.63, 3.8) is 0 Å². The molecule has 0 aliphatic carbocycles. The largest absolute Gasteiger partial charge is 0.344 e. The molecule has 1 aromatic rings. The minimum Gasteiger partial charge on any atom is -0.344 e. The van der Waals surface area contributed by atoms with Crippen LogP contribution in [0.4, 0.5) is 5.69 Å². The Hall–Kier alpha value is -1.66. The predicted octanol–water partition coefficient (Wildman–Crippen LogP) is 0.289. The van der Waals surface area contributed by atoms with Crippen molar-refractivity contribution in [2.24, 2.45) is 0 Å². The Labute approximate surface area is 144 Å². The lowest BCUT2D eigenvalue weighted by molar-refractivity contribution is -0.896. The Morgan fingerprint density at radius 2 is 1.78 bits per heavy atom. The van der Waals surface area contributed by atoms with Crippen molar-refractivity contribution in [2.45, 2.75) is 13.8 Å². The second kappa shape index (κ2) is 7.75. The lowest BCUT2D eigenvalue weighted by Crippen LogP contribution is -3.15. The molecule has 1 heterocycles. The fourth-order valence-electron chi connectivity index (χ4n) is 2.82. The zero-order valence-electron chi connectivity index (χ0n) is 14.5. The first-order valence-electron chi connectivity index (χ1n) is 8.03. The summed E-state index contributed by atoms with van der Waals surface area (Å²) in [5.74, 6) is 0.185. The van der Waals surface area contributed by atoms with Crippen LogP contribution in [0.5, 0.6) is 0 Å². The van der Waals surface area contributed by atoms with Gasteiger partial charge in [0.2, 0.25) is 0 Å². The summed E-state index contributed by atoms with van der Waals surface area (Å²) in [4.78, 5) is 17.0. The number of thiocarbonyl (C=S) groups is 1. The zero-order valence-corrected chi connectivity index (χ0v) is 15.3. The first-order chi connectivity index (χ1) is 10.8. The highest BCUT2D eigenvalue weighted by molar-refractivity contribution is 7.80. The summed E-state index contributed by atoms with van der Waals surface area (Å²) >= 11 is 5.54. The highest BCUT2D eigenvalue weighted by Gasteiger charge is 2.24. The van der Waals surface area contributed by atoms with Gasteiger partial charge in [0.25, 0.3) is 5.91 Å². The molecule has 0 saturated carbocycles. The van der Waals surface area contributed by atoms with Crippen LogP contribution in [0.3, 0.4) is 0 Å². The molecule has 0 aromatic heterocycles. The molecule has 126 valence electrons. The molecule has 1 saturated heterocycles. The highest BCUT2D eigenvalue weighted by atomic mass is 32.1. The van der Waals surface area contributed by atoms with Gasteiger partial charge in [0.15, 0.2) is 11.7 Å². The lowest BCUT2D eigenvalue weighted by atomic mass is 10.1. The molecule has 0 unspecified atom stereocenters. The second-order valence-electron chi connectivity index (χ2n) is 6.51. The van der Waals surface area contributed by atoms with Crippen LogP contribution in [0.15, 0.2) is 18.2 Å². The Balaban J connectivity index is 1.85. The summed E-state index contributed by atoms with van der Waals surface area (Å²) < 4.78 is 0. The van der Waals surface area contributed by atoms with E-state index < -0.39 is 0 Å². The molecular weight excluding hydrogens is 308 g/mol. The van der Waals surface area contributed by atoms with E-state index in [0.717, 1.165) is 37.0 Å². The maximum Gasteiger partial charge on any atom is 0.277 e. The Kier molecular flexibility index (Phi) is 5.96. The van der Waals surface area contributed by atoms with Crippen LogP contribution in [0.25, 0.3) is 0 Å². The molecule has 0 bridgehead atoms. The highest BCUT2D eigenvalue weighted by Crippen LogP contribution is 2.14. The monoisotopic (exact) mass is 335 g/mol. The number of benzene rings is 1. The average molecular weight is 335 g/mol. The SMILES string of the molecule is Cc1cc(C)cc(NC(=S)N2CC[NH+](CC(=O)N(C)C)CC2)c1. The summed E-state index contributed by atoms with van der Waals surface area (Å²) in [6, 6.07) is 6.37. The third-order valence-corrected chi connectivity index (χ3v) is 4.49. The second-order valence-corrected chi connectivity index (χ2v) is 6.90. The minimum atomic E-state index is 0.185. The molecule has 6 heteroatoms. The number of hydrogen-bond acceptors (Lipinski definition) is 2. The third-order valence-electron chi connectivity index (χ3n) is 4.13. The summed E-state index contributed by atoms with van der Waals surface area (Å²) in [6.45, 7) is 8.39. The van der Waals surface area contributed by atoms with E-state index in [4.69, 9.17) is 12.2 Å². The summed E-state index contributed by atoms with van der Waals surface area (Å²) in [5.41, 5.74) is 3.50. The van der Waals surface area contributed by atoms with Crippen LogP contribution < -0.4 is 10.2 Å². The van der Waals surface area contributed by atoms with Crippen molar-refractivity contribution in [3.05, 3.63) is 29.3 Å². The molecule has 1 aromatic carbocycles. The van der Waals surface area contributed by atoms with Crippen molar-refractivity contribution < 1.29 is 9.69 Å². The van der Waals surface area contributed by atoms with Crippen LogP contribution in [-0.2, 0) is 4.79 Å². The molecule has 5 nitrogen and oxygen atoms in total. The number of carbonyl (C=O) groups is 1. The van der Waals surface area contributed by atoms with E-state index in [0.29, 0.717) is 6.54 Å². The number of nitrogens with one attached hydrogen (secondary N) is 2. The third kappa shape index (κ3) is 5.18. The fraction of sp³-hybridized carbons (Fsp3) is 0.529. The summed E-state index contributed by atoms with van der Waals surface area (Å²) in [6.07, 6.45) is 0. The molecule has 0 atom stereocenters. The molecular formula is C17H27N4OS+. The van der Waals surface area contributed by atoms with E-state index in [1.807, 2.05) is 0 Å². The zero-order chi connectivity index (χ0) is 17.0. The van der Waals surface area contributed by atoms with Gasteiger partial charge in [-0.3, -0.25) is 4.79 Å². The van der Waals surface area contributed by atoms with Gasteiger partial charge in [-0.05, 0) is 49.3 Å². The number of carbonyl (C=O) groups excluding carboxylic acids is 1. The first-order valence-corrected chi connectivity index (χ1v) is 8.44. The molecule has 0 spiro atoms. The topological polar surface area (TPSA) is 40.0 Å². The molecule has 1 aliphatic heterocycles. The van der Waals surface area contributed by atoms with Gasteiger partial charge in [0.1, 0.15) is 0 Å². The van der Waals surface area contributed by atoms with Gasteiger partial charge in [0.05, 0.1) is 26.2 Å². The van der Waals surface area contributed by atoms with E-state index in [1.165, 1.54) is 16.0 Å². The summed E-state index contributed by atoms with van der Waals surface area (Å²) in [5, 5.41) is 4.11. The van der Waals surface area contributed by atoms with Crippen LogP contribution in [0.1, 0.15) is 11.1 Å². The predicted molar refractivity (Wildman–Crippen MR) is 98.0 cm³/mol. The van der Waals surface area contributed by atoms with E-state index >= 15 is 0 Å². The summed E-state index contributed by atoms with van der Waals surface area (Å²) in [7, 11) is 3.61. The number of quaternary nitrogens is 1. The smallest absolute Gasteiger partial charge is 0.277 e. The minimum absolute atomic E-state index is 0.185. The maximum absolute atomic E-state index is 11.8. The van der Waals surface area contributed by atoms with E-state index in [-0.39, 0.29) is 5.91 Å². The molecule has 1 fully saturated rings. The normalized spacial score (nSPS) is 15.4. The fourth-order valence-corrected chi connectivity index (χ4v) is 3.12. The first kappa shape index (κ1) is 17.7. The maximum atomic E-state index is 11.8. The van der Waals surface area contributed by atoms with Crippen molar-refractivity contribution in [2.75, 3.05) is 52.1 Å². The number of aryl methyl sites for hydroxylation is 2. The van der Waals surface area contributed by atoms with Gasteiger partial charge >= 0.3 is 0 Å². The van der Waals surface area contributed by atoms with Gasteiger partial charge in [-0.15, -0.1) is 0 Å². The molecule has 1 aliphatic rings.